The van der Waals surface area contributed by atoms with Gasteiger partial charge in [0, 0.05) is 25.8 Å². The Morgan fingerprint density at radius 3 is 2.56 bits per heavy atom. The molecule has 1 aromatic carbocycles. The molecule has 0 aliphatic heterocycles. The molecule has 1 N–H and O–H groups in total. The van der Waals surface area contributed by atoms with Crippen molar-refractivity contribution in [2.24, 2.45) is 0 Å². The van der Waals surface area contributed by atoms with E-state index in [4.69, 9.17) is 0 Å². The Kier molecular flexibility index (Phi) is 6.81. The highest BCUT2D eigenvalue weighted by molar-refractivity contribution is 5.50. The minimum absolute atomic E-state index is 0.974. The maximum Gasteiger partial charge on any atom is 0.0366 e. The summed E-state index contributed by atoms with van der Waals surface area (Å²) in [5, 5.41) is 3.38. The van der Waals surface area contributed by atoms with Crippen molar-refractivity contribution in [2.45, 2.75) is 46.6 Å². The summed E-state index contributed by atoms with van der Waals surface area (Å²) in [6, 6.07) is 6.80. The minimum atomic E-state index is 0.974. The largest absolute Gasteiger partial charge is 0.375 e. The van der Waals surface area contributed by atoms with Crippen LogP contribution in [0.2, 0.25) is 0 Å². The second kappa shape index (κ2) is 8.15. The van der Waals surface area contributed by atoms with Gasteiger partial charge in [-0.3, -0.25) is 0 Å². The third-order valence-electron chi connectivity index (χ3n) is 3.43. The lowest BCUT2D eigenvalue weighted by Gasteiger charge is -2.20. The lowest BCUT2D eigenvalue weighted by Crippen LogP contribution is -2.19. The van der Waals surface area contributed by atoms with E-state index in [1.54, 1.807) is 0 Å². The summed E-state index contributed by atoms with van der Waals surface area (Å²) < 4.78 is 0. The van der Waals surface area contributed by atoms with Gasteiger partial charge in [-0.1, -0.05) is 32.8 Å². The lowest BCUT2D eigenvalue weighted by molar-refractivity contribution is 0.704. The number of nitrogens with one attached hydrogen (secondary N) is 1. The van der Waals surface area contributed by atoms with Gasteiger partial charge in [0.15, 0.2) is 0 Å². The van der Waals surface area contributed by atoms with Crippen LogP contribution in [0.1, 0.15) is 44.2 Å². The van der Waals surface area contributed by atoms with Crippen molar-refractivity contribution in [3.8, 4) is 0 Å². The van der Waals surface area contributed by atoms with Crippen LogP contribution in [0.3, 0.4) is 0 Å². The third-order valence-corrected chi connectivity index (χ3v) is 3.43. The fraction of sp³-hybridized carbons (Fsp3) is 0.625. The predicted molar refractivity (Wildman–Crippen MR) is 81.4 cm³/mol. The number of unbranched alkanes of at least 4 members (excludes halogenated alkanes) is 2. The van der Waals surface area contributed by atoms with Gasteiger partial charge in [-0.05, 0) is 43.1 Å². The molecule has 2 nitrogen and oxygen atoms in total. The fourth-order valence-corrected chi connectivity index (χ4v) is 2.10. The zero-order chi connectivity index (χ0) is 13.4. The third kappa shape index (κ3) is 4.69. The van der Waals surface area contributed by atoms with Crippen LogP contribution >= 0.6 is 0 Å². The summed E-state index contributed by atoms with van der Waals surface area (Å²) >= 11 is 0. The molecule has 0 unspecified atom stereocenters. The van der Waals surface area contributed by atoms with Crippen molar-refractivity contribution < 1.29 is 0 Å². The van der Waals surface area contributed by atoms with Gasteiger partial charge in [0.1, 0.15) is 0 Å². The SMILES string of the molecule is CCCCCN(C)c1ccc(CNCC)c(C)c1. The van der Waals surface area contributed by atoms with Gasteiger partial charge in [0.05, 0.1) is 0 Å². The Morgan fingerprint density at radius 1 is 1.17 bits per heavy atom. The summed E-state index contributed by atoms with van der Waals surface area (Å²) in [5.74, 6) is 0. The van der Waals surface area contributed by atoms with Crippen LogP contribution in [0.25, 0.3) is 0 Å². The molecule has 0 aliphatic rings. The van der Waals surface area contributed by atoms with Crippen molar-refractivity contribution >= 4 is 5.69 Å². The highest BCUT2D eigenvalue weighted by atomic mass is 15.1. The van der Waals surface area contributed by atoms with Crippen LogP contribution in [0, 0.1) is 6.92 Å². The summed E-state index contributed by atoms with van der Waals surface area (Å²) in [7, 11) is 2.19. The first-order valence-corrected chi connectivity index (χ1v) is 7.20. The van der Waals surface area contributed by atoms with E-state index in [0.717, 1.165) is 19.6 Å². The van der Waals surface area contributed by atoms with Gasteiger partial charge in [-0.2, -0.15) is 0 Å². The van der Waals surface area contributed by atoms with Crippen LogP contribution in [0.15, 0.2) is 18.2 Å². The summed E-state index contributed by atoms with van der Waals surface area (Å²) in [6.45, 7) is 9.75. The fourth-order valence-electron chi connectivity index (χ4n) is 2.10. The molecule has 2 heteroatoms. The van der Waals surface area contributed by atoms with Gasteiger partial charge in [0.2, 0.25) is 0 Å². The van der Waals surface area contributed by atoms with Crippen molar-refractivity contribution in [2.75, 3.05) is 25.0 Å². The first-order chi connectivity index (χ1) is 8.69. The van der Waals surface area contributed by atoms with Crippen molar-refractivity contribution in [3.63, 3.8) is 0 Å². The van der Waals surface area contributed by atoms with Crippen LogP contribution in [0.5, 0.6) is 0 Å². The quantitative estimate of drug-likeness (QED) is 0.705. The molecular formula is C16H28N2. The Labute approximate surface area is 112 Å². The smallest absolute Gasteiger partial charge is 0.0366 e. The molecule has 0 atom stereocenters. The Morgan fingerprint density at radius 2 is 1.94 bits per heavy atom. The zero-order valence-corrected chi connectivity index (χ0v) is 12.4. The van der Waals surface area contributed by atoms with Crippen LogP contribution in [-0.4, -0.2) is 20.1 Å². The van der Waals surface area contributed by atoms with E-state index in [2.05, 4.69) is 56.2 Å². The van der Waals surface area contributed by atoms with E-state index >= 15 is 0 Å². The first kappa shape index (κ1) is 15.0. The van der Waals surface area contributed by atoms with Gasteiger partial charge >= 0.3 is 0 Å². The average Bonchev–Trinajstić information content (AvgIpc) is 2.37. The van der Waals surface area contributed by atoms with Crippen molar-refractivity contribution in [1.29, 1.82) is 0 Å². The molecule has 0 aromatic heterocycles. The number of rotatable bonds is 8. The number of hydrogen-bond acceptors (Lipinski definition) is 2. The van der Waals surface area contributed by atoms with E-state index in [1.807, 2.05) is 0 Å². The van der Waals surface area contributed by atoms with Gasteiger partial charge in [-0.25, -0.2) is 0 Å². The van der Waals surface area contributed by atoms with Crippen LogP contribution < -0.4 is 10.2 Å². The number of nitrogens with zero attached hydrogens (tertiary/aromatic N) is 1. The highest BCUT2D eigenvalue weighted by Crippen LogP contribution is 2.18. The molecule has 0 spiro atoms. The second-order valence-corrected chi connectivity index (χ2v) is 5.02. The van der Waals surface area contributed by atoms with Crippen LogP contribution in [0.4, 0.5) is 5.69 Å². The van der Waals surface area contributed by atoms with E-state index in [-0.39, 0.29) is 0 Å². The van der Waals surface area contributed by atoms with Crippen molar-refractivity contribution in [3.05, 3.63) is 29.3 Å². The van der Waals surface area contributed by atoms with Gasteiger partial charge < -0.3 is 10.2 Å². The Balaban J connectivity index is 2.59. The molecule has 0 amide bonds. The monoisotopic (exact) mass is 248 g/mol. The lowest BCUT2D eigenvalue weighted by atomic mass is 10.1. The van der Waals surface area contributed by atoms with Crippen molar-refractivity contribution in [1.82, 2.24) is 5.32 Å². The minimum Gasteiger partial charge on any atom is -0.375 e. The average molecular weight is 248 g/mol. The molecule has 18 heavy (non-hydrogen) atoms. The molecule has 0 aliphatic carbocycles. The van der Waals surface area contributed by atoms with Crippen LogP contribution in [-0.2, 0) is 6.54 Å². The summed E-state index contributed by atoms with van der Waals surface area (Å²) in [6.07, 6.45) is 3.89. The molecule has 0 radical (unpaired) electrons. The molecule has 102 valence electrons. The topological polar surface area (TPSA) is 15.3 Å². The predicted octanol–water partition coefficient (Wildman–Crippen LogP) is 3.73. The van der Waals surface area contributed by atoms with E-state index < -0.39 is 0 Å². The number of benzene rings is 1. The molecular weight excluding hydrogens is 220 g/mol. The number of anilines is 1. The standard InChI is InChI=1S/C16H28N2/c1-5-7-8-11-18(4)16-10-9-15(13-17-6-2)14(3)12-16/h9-10,12,17H,5-8,11,13H2,1-4H3. The highest BCUT2D eigenvalue weighted by Gasteiger charge is 2.03. The zero-order valence-electron chi connectivity index (χ0n) is 12.4. The maximum absolute atomic E-state index is 3.38. The molecule has 0 bridgehead atoms. The Hall–Kier alpha value is -1.02. The first-order valence-electron chi connectivity index (χ1n) is 7.20. The molecule has 0 fully saturated rings. The molecule has 0 saturated heterocycles. The summed E-state index contributed by atoms with van der Waals surface area (Å²) in [4.78, 5) is 2.36. The molecule has 0 saturated carbocycles. The van der Waals surface area contributed by atoms with E-state index in [9.17, 15) is 0 Å². The normalized spacial score (nSPS) is 10.7. The van der Waals surface area contributed by atoms with Gasteiger partial charge in [-0.15, -0.1) is 0 Å². The number of aryl methyl sites for hydroxylation is 1. The number of hydrogen-bond donors (Lipinski definition) is 1. The summed E-state index contributed by atoms with van der Waals surface area (Å²) in [5.41, 5.74) is 4.13. The van der Waals surface area contributed by atoms with E-state index in [0.29, 0.717) is 0 Å². The van der Waals surface area contributed by atoms with E-state index in [1.165, 1.54) is 36.1 Å². The molecule has 0 heterocycles. The maximum atomic E-state index is 3.38. The second-order valence-electron chi connectivity index (χ2n) is 5.02. The Bertz CT molecular complexity index is 347. The molecule has 1 rings (SSSR count). The molecule has 1 aromatic rings. The van der Waals surface area contributed by atoms with Gasteiger partial charge in [0.25, 0.3) is 0 Å².